The van der Waals surface area contributed by atoms with Crippen molar-refractivity contribution in [2.75, 3.05) is 0 Å². The highest BCUT2D eigenvalue weighted by molar-refractivity contribution is 4.76. The van der Waals surface area contributed by atoms with Gasteiger partial charge in [0, 0.05) is 0 Å². The van der Waals surface area contributed by atoms with Gasteiger partial charge in [-0.15, -0.1) is 0 Å². The molecule has 0 nitrogen and oxygen atoms in total. The molecule has 0 N–H and O–H groups in total. The normalized spacial score (nSPS) is 27.0. The molecule has 1 aliphatic rings. The third kappa shape index (κ3) is 5.92. The van der Waals surface area contributed by atoms with Crippen molar-refractivity contribution in [3.05, 3.63) is 0 Å². The first-order chi connectivity index (χ1) is 7.51. The van der Waals surface area contributed by atoms with Gasteiger partial charge in [0.15, 0.2) is 0 Å². The Morgan fingerprint density at radius 1 is 0.875 bits per heavy atom. The van der Waals surface area contributed by atoms with Gasteiger partial charge in [0.25, 0.3) is 0 Å². The van der Waals surface area contributed by atoms with Crippen LogP contribution in [-0.2, 0) is 0 Å². The van der Waals surface area contributed by atoms with Crippen molar-refractivity contribution in [3.8, 4) is 0 Å². The zero-order valence-corrected chi connectivity index (χ0v) is 12.0. The number of rotatable bonds is 5. The minimum atomic E-state index is 0.541. The van der Waals surface area contributed by atoms with Crippen LogP contribution in [0.1, 0.15) is 85.5 Å². The summed E-state index contributed by atoms with van der Waals surface area (Å²) in [4.78, 5) is 0. The van der Waals surface area contributed by atoms with Crippen LogP contribution in [-0.4, -0.2) is 0 Å². The second-order valence-corrected chi connectivity index (χ2v) is 7.15. The lowest BCUT2D eigenvalue weighted by atomic mass is 9.73. The van der Waals surface area contributed by atoms with Crippen LogP contribution in [0.5, 0.6) is 0 Å². The second kappa shape index (κ2) is 6.67. The van der Waals surface area contributed by atoms with E-state index in [4.69, 9.17) is 0 Å². The van der Waals surface area contributed by atoms with Crippen molar-refractivity contribution >= 4 is 0 Å². The van der Waals surface area contributed by atoms with Crippen LogP contribution in [0.3, 0.4) is 0 Å². The summed E-state index contributed by atoms with van der Waals surface area (Å²) in [5.74, 6) is 2.10. The Kier molecular flexibility index (Phi) is 5.86. The van der Waals surface area contributed by atoms with E-state index in [1.54, 1.807) is 0 Å². The summed E-state index contributed by atoms with van der Waals surface area (Å²) < 4.78 is 0. The highest BCUT2D eigenvalue weighted by atomic mass is 14.3. The Morgan fingerprint density at radius 3 is 1.94 bits per heavy atom. The molecular formula is C16H32. The van der Waals surface area contributed by atoms with Crippen LogP contribution in [0.2, 0.25) is 0 Å². The fourth-order valence-corrected chi connectivity index (χ4v) is 3.27. The van der Waals surface area contributed by atoms with Crippen LogP contribution >= 0.6 is 0 Å². The van der Waals surface area contributed by atoms with E-state index in [0.717, 1.165) is 11.8 Å². The molecule has 0 aromatic carbocycles. The van der Waals surface area contributed by atoms with Crippen LogP contribution in [0.15, 0.2) is 0 Å². The van der Waals surface area contributed by atoms with Crippen LogP contribution in [0.25, 0.3) is 0 Å². The molecule has 0 heteroatoms. The molecule has 0 amide bonds. The molecule has 1 rings (SSSR count). The number of hydrogen-bond donors (Lipinski definition) is 0. The van der Waals surface area contributed by atoms with E-state index in [-0.39, 0.29) is 0 Å². The first-order valence-corrected chi connectivity index (χ1v) is 7.51. The van der Waals surface area contributed by atoms with Crippen LogP contribution in [0, 0.1) is 17.3 Å². The third-order valence-electron chi connectivity index (χ3n) is 4.08. The topological polar surface area (TPSA) is 0 Å². The van der Waals surface area contributed by atoms with Crippen LogP contribution < -0.4 is 0 Å². The molecule has 0 radical (unpaired) electrons. The lowest BCUT2D eigenvalue weighted by Crippen LogP contribution is -2.19. The summed E-state index contributed by atoms with van der Waals surface area (Å²) in [6.45, 7) is 9.47. The number of unbranched alkanes of at least 4 members (excludes halogenated alkanes) is 2. The standard InChI is InChI=1S/C16H32/c1-5-6-7-8-14-9-11-15(12-10-14)13-16(2,3)4/h14-15H,5-13H2,1-4H3. The molecule has 1 saturated carbocycles. The molecule has 0 bridgehead atoms. The summed E-state index contributed by atoms with van der Waals surface area (Å²) >= 11 is 0. The van der Waals surface area contributed by atoms with Crippen molar-refractivity contribution in [1.82, 2.24) is 0 Å². The second-order valence-electron chi connectivity index (χ2n) is 7.15. The average Bonchev–Trinajstić information content (AvgIpc) is 2.19. The maximum atomic E-state index is 2.39. The summed E-state index contributed by atoms with van der Waals surface area (Å²) in [6.07, 6.45) is 13.3. The van der Waals surface area contributed by atoms with E-state index in [1.165, 1.54) is 57.8 Å². The SMILES string of the molecule is CCCCCC1CCC(CC(C)(C)C)CC1. The Labute approximate surface area is 103 Å². The van der Waals surface area contributed by atoms with Gasteiger partial charge in [-0.3, -0.25) is 0 Å². The van der Waals surface area contributed by atoms with E-state index in [9.17, 15) is 0 Å². The minimum Gasteiger partial charge on any atom is -0.0654 e. The monoisotopic (exact) mass is 224 g/mol. The molecule has 0 atom stereocenters. The molecule has 1 fully saturated rings. The molecule has 1 aliphatic carbocycles. The fraction of sp³-hybridized carbons (Fsp3) is 1.00. The smallest absolute Gasteiger partial charge is 0.0380 e. The molecule has 0 heterocycles. The van der Waals surface area contributed by atoms with Crippen molar-refractivity contribution in [1.29, 1.82) is 0 Å². The minimum absolute atomic E-state index is 0.541. The molecule has 0 aromatic heterocycles. The summed E-state index contributed by atoms with van der Waals surface area (Å²) in [5, 5.41) is 0. The third-order valence-corrected chi connectivity index (χ3v) is 4.08. The molecule has 0 aromatic rings. The highest BCUT2D eigenvalue weighted by Crippen LogP contribution is 2.37. The lowest BCUT2D eigenvalue weighted by Gasteiger charge is -2.32. The van der Waals surface area contributed by atoms with Crippen molar-refractivity contribution in [2.24, 2.45) is 17.3 Å². The predicted octanol–water partition coefficient (Wildman–Crippen LogP) is 5.81. The summed E-state index contributed by atoms with van der Waals surface area (Å²) in [6, 6.07) is 0. The van der Waals surface area contributed by atoms with Gasteiger partial charge in [0.05, 0.1) is 0 Å². The molecular weight excluding hydrogens is 192 g/mol. The van der Waals surface area contributed by atoms with Gasteiger partial charge < -0.3 is 0 Å². The first-order valence-electron chi connectivity index (χ1n) is 7.51. The van der Waals surface area contributed by atoms with Crippen molar-refractivity contribution in [2.45, 2.75) is 85.5 Å². The average molecular weight is 224 g/mol. The fourth-order valence-electron chi connectivity index (χ4n) is 3.27. The molecule has 0 unspecified atom stereocenters. The van der Waals surface area contributed by atoms with Crippen LogP contribution in [0.4, 0.5) is 0 Å². The molecule has 0 saturated heterocycles. The van der Waals surface area contributed by atoms with E-state index in [2.05, 4.69) is 27.7 Å². The van der Waals surface area contributed by atoms with Gasteiger partial charge in [-0.2, -0.15) is 0 Å². The van der Waals surface area contributed by atoms with Gasteiger partial charge in [0.1, 0.15) is 0 Å². The maximum absolute atomic E-state index is 2.39. The quantitative estimate of drug-likeness (QED) is 0.517. The van der Waals surface area contributed by atoms with Gasteiger partial charge in [0.2, 0.25) is 0 Å². The van der Waals surface area contributed by atoms with E-state index >= 15 is 0 Å². The molecule has 0 aliphatic heterocycles. The summed E-state index contributed by atoms with van der Waals surface area (Å²) in [7, 11) is 0. The van der Waals surface area contributed by atoms with E-state index in [1.807, 2.05) is 0 Å². The maximum Gasteiger partial charge on any atom is -0.0380 e. The van der Waals surface area contributed by atoms with E-state index in [0.29, 0.717) is 5.41 Å². The van der Waals surface area contributed by atoms with Gasteiger partial charge in [-0.25, -0.2) is 0 Å². The molecule has 96 valence electrons. The van der Waals surface area contributed by atoms with Gasteiger partial charge in [-0.05, 0) is 23.7 Å². The zero-order chi connectivity index (χ0) is 12.0. The molecule has 0 spiro atoms. The lowest BCUT2D eigenvalue weighted by molar-refractivity contribution is 0.198. The van der Waals surface area contributed by atoms with Crippen molar-refractivity contribution in [3.63, 3.8) is 0 Å². The predicted molar refractivity (Wildman–Crippen MR) is 73.7 cm³/mol. The first kappa shape index (κ1) is 14.1. The highest BCUT2D eigenvalue weighted by Gasteiger charge is 2.24. The Bertz CT molecular complexity index is 167. The Balaban J connectivity index is 2.13. The Hall–Kier alpha value is 0. The van der Waals surface area contributed by atoms with Crippen molar-refractivity contribution < 1.29 is 0 Å². The Morgan fingerprint density at radius 2 is 1.44 bits per heavy atom. The largest absolute Gasteiger partial charge is 0.0654 e. The van der Waals surface area contributed by atoms with E-state index < -0.39 is 0 Å². The molecule has 16 heavy (non-hydrogen) atoms. The number of hydrogen-bond acceptors (Lipinski definition) is 0. The van der Waals surface area contributed by atoms with Gasteiger partial charge >= 0.3 is 0 Å². The zero-order valence-electron chi connectivity index (χ0n) is 12.0. The summed E-state index contributed by atoms with van der Waals surface area (Å²) in [5.41, 5.74) is 0.541. The van der Waals surface area contributed by atoms with Gasteiger partial charge in [-0.1, -0.05) is 79.1 Å².